The van der Waals surface area contributed by atoms with Crippen LogP contribution in [0.3, 0.4) is 0 Å². The molecule has 0 aliphatic rings. The van der Waals surface area contributed by atoms with Crippen molar-refractivity contribution in [3.05, 3.63) is 77.9 Å². The van der Waals surface area contributed by atoms with Gasteiger partial charge in [0.2, 0.25) is 0 Å². The van der Waals surface area contributed by atoms with Crippen LogP contribution in [0.5, 0.6) is 5.75 Å². The Morgan fingerprint density at radius 3 is 2.30 bits per heavy atom. The van der Waals surface area contributed by atoms with Crippen LogP contribution >= 0.6 is 0 Å². The van der Waals surface area contributed by atoms with E-state index in [0.29, 0.717) is 16.8 Å². The molecule has 1 aromatic heterocycles. The summed E-state index contributed by atoms with van der Waals surface area (Å²) >= 11 is 0. The Balaban J connectivity index is 1.46. The molecule has 0 fully saturated rings. The van der Waals surface area contributed by atoms with Crippen molar-refractivity contribution in [2.75, 3.05) is 11.8 Å². The van der Waals surface area contributed by atoms with E-state index in [9.17, 15) is 18.0 Å². The topological polar surface area (TPSA) is 155 Å². The third kappa shape index (κ3) is 4.75. The van der Waals surface area contributed by atoms with Crippen LogP contribution in [0.4, 0.5) is 5.69 Å². The van der Waals surface area contributed by atoms with E-state index in [2.05, 4.69) is 31.0 Å². The number of H-pyrrole nitrogens is 1. The number of hydrogen-bond acceptors (Lipinski definition) is 7. The van der Waals surface area contributed by atoms with Crippen LogP contribution in [-0.4, -0.2) is 42.8 Å². The first-order chi connectivity index (χ1) is 15.9. The number of aromatic amines is 1. The Morgan fingerprint density at radius 2 is 1.55 bits per heavy atom. The third-order valence-electron chi connectivity index (χ3n) is 4.63. The molecule has 168 valence electrons. The van der Waals surface area contributed by atoms with Crippen molar-refractivity contribution in [1.82, 2.24) is 26.3 Å². The Bertz CT molecular complexity index is 1450. The molecule has 4 rings (SSSR count). The molecule has 12 heteroatoms. The van der Waals surface area contributed by atoms with Crippen LogP contribution in [0, 0.1) is 0 Å². The van der Waals surface area contributed by atoms with E-state index in [1.165, 1.54) is 43.5 Å². The first-order valence-electron chi connectivity index (χ1n) is 9.54. The van der Waals surface area contributed by atoms with Crippen LogP contribution in [0.1, 0.15) is 20.7 Å². The van der Waals surface area contributed by atoms with Gasteiger partial charge in [-0.05, 0) is 48.5 Å². The monoisotopic (exact) mass is 466 g/mol. The van der Waals surface area contributed by atoms with Gasteiger partial charge in [-0.2, -0.15) is 15.4 Å². The Hall–Kier alpha value is -4.45. The molecule has 11 nitrogen and oxygen atoms in total. The van der Waals surface area contributed by atoms with E-state index in [-0.39, 0.29) is 21.7 Å². The number of carbonyl (C=O) groups excluding carboxylic acids is 2. The zero-order valence-corrected chi connectivity index (χ0v) is 18.0. The third-order valence-corrected chi connectivity index (χ3v) is 5.99. The predicted octanol–water partition coefficient (Wildman–Crippen LogP) is 1.84. The number of para-hydroxylation sites is 2. The van der Waals surface area contributed by atoms with E-state index in [1.54, 1.807) is 30.3 Å². The van der Waals surface area contributed by atoms with Crippen LogP contribution in [0.25, 0.3) is 11.0 Å². The molecule has 1 heterocycles. The normalized spacial score (nSPS) is 11.1. The molecule has 33 heavy (non-hydrogen) atoms. The van der Waals surface area contributed by atoms with Crippen LogP contribution < -0.4 is 20.3 Å². The van der Waals surface area contributed by atoms with Gasteiger partial charge in [0, 0.05) is 11.1 Å². The molecule has 0 bridgehead atoms. The molecule has 0 spiro atoms. The Kier molecular flexibility index (Phi) is 5.91. The lowest BCUT2D eigenvalue weighted by Gasteiger charge is -2.12. The van der Waals surface area contributed by atoms with Crippen LogP contribution in [-0.2, 0) is 10.0 Å². The number of amides is 2. The highest BCUT2D eigenvalue weighted by molar-refractivity contribution is 7.92. The Labute approximate surface area is 188 Å². The van der Waals surface area contributed by atoms with Crippen LogP contribution in [0.15, 0.2) is 71.6 Å². The van der Waals surface area contributed by atoms with E-state index in [4.69, 9.17) is 4.74 Å². The summed E-state index contributed by atoms with van der Waals surface area (Å²) in [4.78, 5) is 24.7. The average Bonchev–Trinajstić information content (AvgIpc) is 3.30. The number of methoxy groups -OCH3 is 1. The average molecular weight is 466 g/mol. The van der Waals surface area contributed by atoms with Crippen molar-refractivity contribution in [1.29, 1.82) is 0 Å². The summed E-state index contributed by atoms with van der Waals surface area (Å²) in [6, 6.07) is 16.6. The SMILES string of the molecule is COc1ccccc1NS(=O)(=O)c1cccc(C(=O)NNC(=O)c2ccc3n[nH]nc3c2)c1. The molecule has 3 aromatic carbocycles. The van der Waals surface area contributed by atoms with Gasteiger partial charge in [0.05, 0.1) is 17.7 Å². The summed E-state index contributed by atoms with van der Waals surface area (Å²) in [5, 5.41) is 10.3. The number of sulfonamides is 1. The van der Waals surface area contributed by atoms with Gasteiger partial charge in [-0.15, -0.1) is 0 Å². The molecule has 2 amide bonds. The van der Waals surface area contributed by atoms with Gasteiger partial charge in [0.15, 0.2) is 0 Å². The lowest BCUT2D eigenvalue weighted by molar-refractivity contribution is 0.0846. The van der Waals surface area contributed by atoms with E-state index >= 15 is 0 Å². The molecule has 0 atom stereocenters. The summed E-state index contributed by atoms with van der Waals surface area (Å²) < 4.78 is 33.2. The van der Waals surface area contributed by atoms with Gasteiger partial charge >= 0.3 is 0 Å². The molecule has 0 unspecified atom stereocenters. The number of carbonyl (C=O) groups is 2. The standard InChI is InChI=1S/C21H18N6O5S/c1-32-19-8-3-2-7-17(19)26-33(30,31)15-6-4-5-13(11-15)20(28)24-25-21(29)14-9-10-16-18(12-14)23-27-22-16/h2-12,26H,1H3,(H,24,28)(H,25,29)(H,22,23,27). The minimum Gasteiger partial charge on any atom is -0.495 e. The summed E-state index contributed by atoms with van der Waals surface area (Å²) in [7, 11) is -2.58. The minimum absolute atomic E-state index is 0.0326. The highest BCUT2D eigenvalue weighted by Gasteiger charge is 2.19. The van der Waals surface area contributed by atoms with Crippen molar-refractivity contribution in [3.8, 4) is 5.75 Å². The maximum Gasteiger partial charge on any atom is 0.269 e. The van der Waals surface area contributed by atoms with Crippen molar-refractivity contribution < 1.29 is 22.7 Å². The number of hydrogen-bond donors (Lipinski definition) is 4. The smallest absolute Gasteiger partial charge is 0.269 e. The maximum atomic E-state index is 12.8. The van der Waals surface area contributed by atoms with Crippen molar-refractivity contribution in [2.24, 2.45) is 0 Å². The van der Waals surface area contributed by atoms with Crippen molar-refractivity contribution >= 4 is 38.6 Å². The number of aromatic nitrogens is 3. The Morgan fingerprint density at radius 1 is 0.848 bits per heavy atom. The minimum atomic E-state index is -4.00. The van der Waals surface area contributed by atoms with Gasteiger partial charge in [-0.1, -0.05) is 18.2 Å². The zero-order chi connectivity index (χ0) is 23.4. The molecule has 0 aliphatic carbocycles. The molecule has 0 saturated carbocycles. The highest BCUT2D eigenvalue weighted by Crippen LogP contribution is 2.26. The number of ether oxygens (including phenoxy) is 1. The molecular formula is C21H18N6O5S. The first kappa shape index (κ1) is 21.8. The second-order valence-corrected chi connectivity index (χ2v) is 8.45. The van der Waals surface area contributed by atoms with E-state index in [0.717, 1.165) is 0 Å². The molecule has 0 saturated heterocycles. The van der Waals surface area contributed by atoms with Crippen LogP contribution in [0.2, 0.25) is 0 Å². The molecular weight excluding hydrogens is 448 g/mol. The second kappa shape index (κ2) is 8.96. The van der Waals surface area contributed by atoms with Gasteiger partial charge in [0.1, 0.15) is 16.8 Å². The quantitative estimate of drug-likeness (QED) is 0.316. The highest BCUT2D eigenvalue weighted by atomic mass is 32.2. The number of rotatable bonds is 6. The molecule has 0 aliphatic heterocycles. The lowest BCUT2D eigenvalue weighted by atomic mass is 10.2. The summed E-state index contributed by atoms with van der Waals surface area (Å²) in [6.45, 7) is 0. The maximum absolute atomic E-state index is 12.8. The first-order valence-corrected chi connectivity index (χ1v) is 11.0. The van der Waals surface area contributed by atoms with Crippen molar-refractivity contribution in [3.63, 3.8) is 0 Å². The summed E-state index contributed by atoms with van der Waals surface area (Å²) in [6.07, 6.45) is 0. The van der Waals surface area contributed by atoms with Gasteiger partial charge in [-0.25, -0.2) is 8.42 Å². The number of nitrogens with one attached hydrogen (secondary N) is 4. The second-order valence-electron chi connectivity index (χ2n) is 6.77. The zero-order valence-electron chi connectivity index (χ0n) is 17.2. The largest absolute Gasteiger partial charge is 0.495 e. The summed E-state index contributed by atoms with van der Waals surface area (Å²) in [5.74, 6) is -0.920. The lowest BCUT2D eigenvalue weighted by Crippen LogP contribution is -2.41. The molecule has 4 N–H and O–H groups in total. The van der Waals surface area contributed by atoms with Crippen molar-refractivity contribution in [2.45, 2.75) is 4.90 Å². The fourth-order valence-corrected chi connectivity index (χ4v) is 4.09. The van der Waals surface area contributed by atoms with E-state index < -0.39 is 21.8 Å². The number of anilines is 1. The molecule has 0 radical (unpaired) electrons. The number of fused-ring (bicyclic) bond motifs is 1. The predicted molar refractivity (Wildman–Crippen MR) is 119 cm³/mol. The number of hydrazine groups is 1. The number of nitrogens with zero attached hydrogens (tertiary/aromatic N) is 2. The van der Waals surface area contributed by atoms with Gasteiger partial charge in [0.25, 0.3) is 21.8 Å². The summed E-state index contributed by atoms with van der Waals surface area (Å²) in [5.41, 5.74) is 6.19. The fraction of sp³-hybridized carbons (Fsp3) is 0.0476. The molecule has 4 aromatic rings. The van der Waals surface area contributed by atoms with Gasteiger partial charge in [-0.3, -0.25) is 25.2 Å². The van der Waals surface area contributed by atoms with E-state index in [1.807, 2.05) is 0 Å². The fourth-order valence-electron chi connectivity index (χ4n) is 2.98. The number of benzene rings is 3. The van der Waals surface area contributed by atoms with Gasteiger partial charge < -0.3 is 4.74 Å².